The van der Waals surface area contributed by atoms with Gasteiger partial charge in [-0.25, -0.2) is 9.59 Å². The number of carbonyl (C=O) groups excluding carboxylic acids is 3. The van der Waals surface area contributed by atoms with E-state index in [4.69, 9.17) is 18.9 Å². The van der Waals surface area contributed by atoms with E-state index in [1.54, 1.807) is 55.4 Å². The second-order valence-corrected chi connectivity index (χ2v) is 22.6. The van der Waals surface area contributed by atoms with Gasteiger partial charge in [-0.3, -0.25) is 4.79 Å². The zero-order valence-corrected chi connectivity index (χ0v) is 36.1. The molecule has 11 heteroatoms. The maximum atomic E-state index is 14.5. The van der Waals surface area contributed by atoms with Crippen LogP contribution in [0.5, 0.6) is 0 Å². The Morgan fingerprint density at radius 3 is 2.04 bits per heavy atom. The molecule has 2 spiro atoms. The Labute approximate surface area is 329 Å². The van der Waals surface area contributed by atoms with E-state index in [0.717, 1.165) is 38.5 Å². The molecule has 0 aromatic rings. The fraction of sp³-hybridized carbons (Fsp3) is 0.932. The first-order valence-corrected chi connectivity index (χ1v) is 21.1. The van der Waals surface area contributed by atoms with E-state index < -0.39 is 70.2 Å². The lowest BCUT2D eigenvalue weighted by atomic mass is 9.41. The smallest absolute Gasteiger partial charge is 0.408 e. The van der Waals surface area contributed by atoms with Crippen LogP contribution in [0.25, 0.3) is 0 Å². The number of rotatable bonds is 8. The van der Waals surface area contributed by atoms with E-state index in [-0.39, 0.29) is 58.4 Å². The van der Waals surface area contributed by atoms with Gasteiger partial charge in [-0.1, -0.05) is 27.7 Å². The summed E-state index contributed by atoms with van der Waals surface area (Å²) in [5.74, 6) is -1.23. The molecule has 1 heterocycles. The van der Waals surface area contributed by atoms with Crippen molar-refractivity contribution in [3.8, 4) is 0 Å². The summed E-state index contributed by atoms with van der Waals surface area (Å²) in [5, 5.41) is 37.3. The van der Waals surface area contributed by atoms with Crippen LogP contribution in [0.15, 0.2) is 0 Å². The third-order valence-corrected chi connectivity index (χ3v) is 16.1. The number of aliphatic hydroxyl groups excluding tert-OH is 2. The minimum Gasteiger partial charge on any atom is -0.460 e. The van der Waals surface area contributed by atoms with Crippen LogP contribution in [0.3, 0.4) is 0 Å². The maximum absolute atomic E-state index is 14.5. The van der Waals surface area contributed by atoms with Crippen molar-refractivity contribution >= 4 is 18.0 Å². The lowest BCUT2D eigenvalue weighted by molar-refractivity contribution is -0.221. The molecule has 6 fully saturated rings. The zero-order valence-electron chi connectivity index (χ0n) is 36.1. The molecule has 13 atom stereocenters. The number of hydrogen-bond donors (Lipinski definition) is 4. The normalized spacial score (nSPS) is 43.9. The largest absolute Gasteiger partial charge is 0.460 e. The number of aliphatic hydroxyl groups is 3. The van der Waals surface area contributed by atoms with E-state index in [9.17, 15) is 29.7 Å². The van der Waals surface area contributed by atoms with Gasteiger partial charge >= 0.3 is 18.0 Å². The van der Waals surface area contributed by atoms with Crippen molar-refractivity contribution in [1.82, 2.24) is 5.32 Å². The maximum Gasteiger partial charge on any atom is 0.408 e. The first kappa shape index (κ1) is 42.7. The summed E-state index contributed by atoms with van der Waals surface area (Å²) >= 11 is 0. The monoisotopic (exact) mass is 776 g/mol. The third kappa shape index (κ3) is 7.04. The molecule has 314 valence electrons. The average molecular weight is 776 g/mol. The summed E-state index contributed by atoms with van der Waals surface area (Å²) in [7, 11) is 0. The fourth-order valence-corrected chi connectivity index (χ4v) is 13.8. The fourth-order valence-electron chi connectivity index (χ4n) is 13.8. The SMILES string of the molecule is CC(C)(C)OC(=O)CC[C@H](NC(=O)OC(C)(C)C)C(=O)O[C@H]1CC2C3(CC[C@]4(C)[C@@H]([C@@]5(C)CC[C@@H](C(C)(C)O)O5)[C@@H](O)C[C@@]24C)CC32CC[C@H](O)C(C)(C)[C@H]12. The first-order valence-electron chi connectivity index (χ1n) is 21.1. The van der Waals surface area contributed by atoms with Crippen molar-refractivity contribution in [3.05, 3.63) is 0 Å². The van der Waals surface area contributed by atoms with E-state index in [1.165, 1.54) is 0 Å². The zero-order chi connectivity index (χ0) is 41.2. The van der Waals surface area contributed by atoms with Crippen molar-refractivity contribution in [3.63, 3.8) is 0 Å². The van der Waals surface area contributed by atoms with Gasteiger partial charge in [-0.05, 0) is 160 Å². The molecule has 1 saturated heterocycles. The highest BCUT2D eigenvalue weighted by atomic mass is 16.6. The number of nitrogens with one attached hydrogen (secondary N) is 1. The predicted octanol–water partition coefficient (Wildman–Crippen LogP) is 7.00. The summed E-state index contributed by atoms with van der Waals surface area (Å²) in [6.45, 7) is 25.2. The number of ether oxygens (including phenoxy) is 4. The molecule has 6 rings (SSSR count). The van der Waals surface area contributed by atoms with Crippen molar-refractivity contribution < 1.29 is 48.7 Å². The molecule has 1 amide bonds. The lowest BCUT2D eigenvalue weighted by Gasteiger charge is -2.64. The number of fused-ring (bicyclic) bond motifs is 2. The third-order valence-electron chi connectivity index (χ3n) is 16.1. The summed E-state index contributed by atoms with van der Waals surface area (Å²) < 4.78 is 24.5. The number of carbonyl (C=O) groups is 3. The van der Waals surface area contributed by atoms with Crippen LogP contribution in [0.2, 0.25) is 0 Å². The van der Waals surface area contributed by atoms with Crippen LogP contribution >= 0.6 is 0 Å². The Morgan fingerprint density at radius 1 is 0.818 bits per heavy atom. The topological polar surface area (TPSA) is 161 Å². The van der Waals surface area contributed by atoms with Gasteiger partial charge in [-0.15, -0.1) is 0 Å². The highest BCUT2D eigenvalue weighted by Gasteiger charge is 2.85. The highest BCUT2D eigenvalue weighted by Crippen LogP contribution is 2.89. The Kier molecular flexibility index (Phi) is 10.3. The summed E-state index contributed by atoms with van der Waals surface area (Å²) in [6, 6.07) is -1.16. The Bertz CT molecular complexity index is 1520. The molecule has 5 saturated carbocycles. The van der Waals surface area contributed by atoms with Gasteiger partial charge in [0.25, 0.3) is 0 Å². The molecular formula is C44H73NO10. The van der Waals surface area contributed by atoms with Crippen LogP contribution in [0.1, 0.15) is 161 Å². The lowest BCUT2D eigenvalue weighted by Crippen LogP contribution is -2.63. The van der Waals surface area contributed by atoms with Gasteiger partial charge in [0.2, 0.25) is 0 Å². The number of amides is 1. The molecule has 0 bridgehead atoms. The van der Waals surface area contributed by atoms with E-state index in [2.05, 4.69) is 39.9 Å². The van der Waals surface area contributed by atoms with Gasteiger partial charge < -0.3 is 39.6 Å². The van der Waals surface area contributed by atoms with Crippen molar-refractivity contribution in [1.29, 1.82) is 0 Å². The van der Waals surface area contributed by atoms with Crippen LogP contribution in [-0.2, 0) is 28.5 Å². The molecule has 0 radical (unpaired) electrons. The van der Waals surface area contributed by atoms with E-state index in [0.29, 0.717) is 19.3 Å². The number of alkyl carbamates (subject to hydrolysis) is 1. The van der Waals surface area contributed by atoms with Gasteiger partial charge in [-0.2, -0.15) is 0 Å². The van der Waals surface area contributed by atoms with Crippen LogP contribution in [0.4, 0.5) is 4.79 Å². The molecule has 11 nitrogen and oxygen atoms in total. The molecule has 55 heavy (non-hydrogen) atoms. The number of esters is 2. The van der Waals surface area contributed by atoms with Gasteiger partial charge in [0.05, 0.1) is 29.5 Å². The molecule has 4 N–H and O–H groups in total. The summed E-state index contributed by atoms with van der Waals surface area (Å²) in [6.07, 6.45) is 4.22. The molecule has 0 aromatic carbocycles. The van der Waals surface area contributed by atoms with Gasteiger partial charge in [0.15, 0.2) is 0 Å². The van der Waals surface area contributed by atoms with Crippen LogP contribution < -0.4 is 5.32 Å². The minimum absolute atomic E-state index is 0.00119. The first-order chi connectivity index (χ1) is 24.9. The van der Waals surface area contributed by atoms with Crippen molar-refractivity contribution in [2.24, 2.45) is 44.8 Å². The Morgan fingerprint density at radius 2 is 1.45 bits per heavy atom. The van der Waals surface area contributed by atoms with Crippen molar-refractivity contribution in [2.45, 2.75) is 213 Å². The van der Waals surface area contributed by atoms with Crippen molar-refractivity contribution in [2.75, 3.05) is 0 Å². The van der Waals surface area contributed by atoms with E-state index >= 15 is 0 Å². The second kappa shape index (κ2) is 13.3. The van der Waals surface area contributed by atoms with Crippen LogP contribution in [0, 0.1) is 44.8 Å². The molecule has 1 aliphatic heterocycles. The van der Waals surface area contributed by atoms with Gasteiger partial charge in [0.1, 0.15) is 23.3 Å². The summed E-state index contributed by atoms with van der Waals surface area (Å²) in [4.78, 5) is 40.4. The van der Waals surface area contributed by atoms with Gasteiger partial charge in [0, 0.05) is 18.3 Å². The number of hydrogen-bond acceptors (Lipinski definition) is 10. The Balaban J connectivity index is 1.33. The molecule has 3 unspecified atom stereocenters. The summed E-state index contributed by atoms with van der Waals surface area (Å²) in [5.41, 5.74) is -4.37. The van der Waals surface area contributed by atoms with Crippen LogP contribution in [-0.4, -0.2) is 86.2 Å². The predicted molar refractivity (Wildman–Crippen MR) is 207 cm³/mol. The average Bonchev–Trinajstić information content (AvgIpc) is 3.37. The molecule has 5 aliphatic carbocycles. The molecule has 0 aromatic heterocycles. The minimum atomic E-state index is -1.16. The quantitative estimate of drug-likeness (QED) is 0.149. The highest BCUT2D eigenvalue weighted by molar-refractivity contribution is 5.82. The molecular weight excluding hydrogens is 702 g/mol. The standard InChI is InChI=1S/C44H73NO10/c1-36(2,3)54-31(48)15-14-25(45-35(50)55-37(4,5)6)34(49)52-27-22-28-41(12)23-26(46)32(42(13)18-17-30(53-42)39(9,10)51)40(41,11)20-21-43(28)24-44(43)19-16-29(47)38(7,8)33(27)44/h25-30,32-33,46-47,51H,14-24H2,1-13H3,(H,45,50)/t25-,26-,27-,28?,29-,30-,32-,33-,40+,41-,42+,43?,44?/m0/s1. The second-order valence-electron chi connectivity index (χ2n) is 22.6. The molecule has 6 aliphatic rings. The van der Waals surface area contributed by atoms with E-state index in [1.807, 2.05) is 0 Å². The Hall–Kier alpha value is -1.95.